The van der Waals surface area contributed by atoms with E-state index < -0.39 is 18.8 Å². The second-order valence-electron chi connectivity index (χ2n) is 6.10. The van der Waals surface area contributed by atoms with Crippen molar-refractivity contribution in [1.82, 2.24) is 19.6 Å². The molecule has 0 saturated carbocycles. The number of amides is 2. The van der Waals surface area contributed by atoms with Gasteiger partial charge in [-0.05, 0) is 27.7 Å². The van der Waals surface area contributed by atoms with Gasteiger partial charge in [0.15, 0.2) is 0 Å². The Labute approximate surface area is 145 Å². The first kappa shape index (κ1) is 19.6. The van der Waals surface area contributed by atoms with Crippen LogP contribution in [0.2, 0.25) is 0 Å². The largest absolute Gasteiger partial charge is 0.408 e. The maximum Gasteiger partial charge on any atom is 0.408 e. The number of alkyl halides is 3. The quantitative estimate of drug-likeness (QED) is 0.828. The molecule has 1 fully saturated rings. The molecule has 1 aromatic rings. The molecule has 0 aromatic carbocycles. The van der Waals surface area contributed by atoms with Crippen molar-refractivity contribution in [3.05, 3.63) is 17.0 Å². The number of aryl methyl sites for hydroxylation is 1. The molecule has 0 N–H and O–H groups in total. The van der Waals surface area contributed by atoms with E-state index in [1.165, 1.54) is 0 Å². The third kappa shape index (κ3) is 4.26. The summed E-state index contributed by atoms with van der Waals surface area (Å²) >= 11 is 0. The van der Waals surface area contributed by atoms with Crippen molar-refractivity contribution in [3.63, 3.8) is 0 Å². The summed E-state index contributed by atoms with van der Waals surface area (Å²) in [6.45, 7) is 8.16. The number of aromatic nitrogens is 2. The number of hydrogen-bond donors (Lipinski definition) is 0. The van der Waals surface area contributed by atoms with Gasteiger partial charge in [0.2, 0.25) is 0 Å². The summed E-state index contributed by atoms with van der Waals surface area (Å²) in [5, 5.41) is 4.04. The summed E-state index contributed by atoms with van der Waals surface area (Å²) in [6.07, 6.45) is -4.35. The molecule has 1 aromatic heterocycles. The fourth-order valence-corrected chi connectivity index (χ4v) is 3.26. The molecular formula is C16H25F3N4O2. The third-order valence-electron chi connectivity index (χ3n) is 4.51. The minimum absolute atomic E-state index is 0.124. The molecule has 1 saturated heterocycles. The zero-order valence-electron chi connectivity index (χ0n) is 15.1. The van der Waals surface area contributed by atoms with Gasteiger partial charge in [-0.2, -0.15) is 18.3 Å². The zero-order valence-corrected chi connectivity index (χ0v) is 15.1. The van der Waals surface area contributed by atoms with Crippen LogP contribution < -0.4 is 0 Å². The third-order valence-corrected chi connectivity index (χ3v) is 4.51. The second kappa shape index (κ2) is 7.63. The van der Waals surface area contributed by atoms with Crippen LogP contribution in [0, 0.1) is 13.8 Å². The van der Waals surface area contributed by atoms with Crippen LogP contribution >= 0.6 is 0 Å². The second-order valence-corrected chi connectivity index (χ2v) is 6.10. The fraction of sp³-hybridized carbons (Fsp3) is 0.750. The number of carbonyl (C=O) groups is 1. The van der Waals surface area contributed by atoms with Crippen LogP contribution in [0.25, 0.3) is 0 Å². The summed E-state index contributed by atoms with van der Waals surface area (Å²) in [5.41, 5.74) is 1.56. The molecule has 2 amide bonds. The van der Waals surface area contributed by atoms with Crippen LogP contribution in [0.1, 0.15) is 36.8 Å². The average Bonchev–Trinajstić information content (AvgIpc) is 2.80. The average molecular weight is 362 g/mol. The summed E-state index contributed by atoms with van der Waals surface area (Å²) in [5.74, 6) is 0. The molecule has 9 heteroatoms. The van der Waals surface area contributed by atoms with Gasteiger partial charge in [-0.1, -0.05) is 0 Å². The number of morpholine rings is 1. The zero-order chi connectivity index (χ0) is 18.8. The molecule has 1 aliphatic rings. The first-order valence-corrected chi connectivity index (χ1v) is 8.43. The molecule has 0 spiro atoms. The van der Waals surface area contributed by atoms with Crippen LogP contribution in [0.5, 0.6) is 0 Å². The van der Waals surface area contributed by atoms with Gasteiger partial charge in [0.25, 0.3) is 0 Å². The Hall–Kier alpha value is -1.77. The van der Waals surface area contributed by atoms with Gasteiger partial charge in [0.05, 0.1) is 24.9 Å². The van der Waals surface area contributed by atoms with Crippen molar-refractivity contribution in [2.75, 3.05) is 32.8 Å². The Bertz CT molecular complexity index is 611. The minimum Gasteiger partial charge on any atom is -0.377 e. The number of urea groups is 1. The molecule has 142 valence electrons. The van der Waals surface area contributed by atoms with Crippen LogP contribution in [-0.4, -0.2) is 64.6 Å². The Morgan fingerprint density at radius 2 is 1.96 bits per heavy atom. The maximum atomic E-state index is 12.8. The van der Waals surface area contributed by atoms with E-state index in [1.54, 1.807) is 23.6 Å². The van der Waals surface area contributed by atoms with E-state index in [-0.39, 0.29) is 12.6 Å². The first-order chi connectivity index (χ1) is 11.7. The summed E-state index contributed by atoms with van der Waals surface area (Å²) in [6, 6.07) is -0.551. The van der Waals surface area contributed by atoms with Crippen molar-refractivity contribution in [1.29, 1.82) is 0 Å². The lowest BCUT2D eigenvalue weighted by atomic mass is 10.0. The van der Waals surface area contributed by atoms with Gasteiger partial charge in [-0.3, -0.25) is 4.68 Å². The molecule has 1 atom stereocenters. The van der Waals surface area contributed by atoms with Gasteiger partial charge >= 0.3 is 12.2 Å². The Balaban J connectivity index is 2.36. The van der Waals surface area contributed by atoms with E-state index in [0.717, 1.165) is 4.68 Å². The first-order valence-electron chi connectivity index (χ1n) is 8.43. The van der Waals surface area contributed by atoms with E-state index in [2.05, 4.69) is 5.10 Å². The molecule has 0 radical (unpaired) electrons. The molecule has 1 unspecified atom stereocenters. The standard InChI is InChI=1S/C16H25F3N4O2/c1-5-21(6-2)15(24)22-7-8-25-9-13(22)14-11(3)20-23(12(14)4)10-16(17,18)19/h13H,5-10H2,1-4H3. The Kier molecular flexibility index (Phi) is 5.97. The fourth-order valence-electron chi connectivity index (χ4n) is 3.26. The van der Waals surface area contributed by atoms with Crippen molar-refractivity contribution in [3.8, 4) is 0 Å². The van der Waals surface area contributed by atoms with Crippen molar-refractivity contribution >= 4 is 6.03 Å². The van der Waals surface area contributed by atoms with Gasteiger partial charge in [-0.15, -0.1) is 0 Å². The molecule has 25 heavy (non-hydrogen) atoms. The van der Waals surface area contributed by atoms with Crippen LogP contribution in [0.4, 0.5) is 18.0 Å². The normalized spacial score (nSPS) is 18.5. The Morgan fingerprint density at radius 1 is 1.32 bits per heavy atom. The van der Waals surface area contributed by atoms with Crippen LogP contribution in [0.15, 0.2) is 0 Å². The number of halogens is 3. The van der Waals surface area contributed by atoms with Gasteiger partial charge in [0, 0.05) is 30.9 Å². The number of hydrogen-bond acceptors (Lipinski definition) is 3. The van der Waals surface area contributed by atoms with E-state index in [1.807, 2.05) is 13.8 Å². The van der Waals surface area contributed by atoms with Crippen molar-refractivity contribution < 1.29 is 22.7 Å². The molecule has 2 heterocycles. The minimum atomic E-state index is -4.35. The molecule has 6 nitrogen and oxygen atoms in total. The predicted octanol–water partition coefficient (Wildman–Crippen LogP) is 2.90. The Morgan fingerprint density at radius 3 is 2.52 bits per heavy atom. The number of rotatable bonds is 4. The van der Waals surface area contributed by atoms with Crippen molar-refractivity contribution in [2.24, 2.45) is 0 Å². The summed E-state index contributed by atoms with van der Waals surface area (Å²) < 4.78 is 44.7. The van der Waals surface area contributed by atoms with Crippen molar-refractivity contribution in [2.45, 2.75) is 46.5 Å². The lowest BCUT2D eigenvalue weighted by molar-refractivity contribution is -0.143. The number of ether oxygens (including phenoxy) is 1. The van der Waals surface area contributed by atoms with Gasteiger partial charge in [-0.25, -0.2) is 4.79 Å². The number of nitrogens with zero attached hydrogens (tertiary/aromatic N) is 4. The number of carbonyl (C=O) groups excluding carboxylic acids is 1. The molecule has 0 aliphatic carbocycles. The predicted molar refractivity (Wildman–Crippen MR) is 86.3 cm³/mol. The van der Waals surface area contributed by atoms with Crippen LogP contribution in [-0.2, 0) is 11.3 Å². The lowest BCUT2D eigenvalue weighted by Gasteiger charge is -2.38. The highest BCUT2D eigenvalue weighted by Crippen LogP contribution is 2.31. The molecule has 2 rings (SSSR count). The van der Waals surface area contributed by atoms with Gasteiger partial charge < -0.3 is 14.5 Å². The van der Waals surface area contributed by atoms with E-state index in [0.29, 0.717) is 43.2 Å². The smallest absolute Gasteiger partial charge is 0.377 e. The summed E-state index contributed by atoms with van der Waals surface area (Å²) in [4.78, 5) is 16.2. The van der Waals surface area contributed by atoms with E-state index in [9.17, 15) is 18.0 Å². The topological polar surface area (TPSA) is 50.6 Å². The highest BCUT2D eigenvalue weighted by molar-refractivity contribution is 5.75. The van der Waals surface area contributed by atoms with Crippen LogP contribution in [0.3, 0.4) is 0 Å². The SMILES string of the molecule is CCN(CC)C(=O)N1CCOCC1c1c(C)nn(CC(F)(F)F)c1C. The molecular weight excluding hydrogens is 337 g/mol. The monoisotopic (exact) mass is 362 g/mol. The highest BCUT2D eigenvalue weighted by Gasteiger charge is 2.36. The lowest BCUT2D eigenvalue weighted by Crippen LogP contribution is -2.50. The van der Waals surface area contributed by atoms with E-state index in [4.69, 9.17) is 4.74 Å². The molecule has 1 aliphatic heterocycles. The van der Waals surface area contributed by atoms with Gasteiger partial charge in [0.1, 0.15) is 6.54 Å². The highest BCUT2D eigenvalue weighted by atomic mass is 19.4. The van der Waals surface area contributed by atoms with E-state index >= 15 is 0 Å². The summed E-state index contributed by atoms with van der Waals surface area (Å²) in [7, 11) is 0. The molecule has 0 bridgehead atoms. The maximum absolute atomic E-state index is 12.8.